The Morgan fingerprint density at radius 1 is 1.00 bits per heavy atom. The topological polar surface area (TPSA) is 39.7 Å². The maximum atomic E-state index is 13.2. The van der Waals surface area contributed by atoms with Crippen molar-refractivity contribution in [3.8, 4) is 0 Å². The van der Waals surface area contributed by atoms with Crippen molar-refractivity contribution in [2.24, 2.45) is 11.8 Å². The molecule has 0 N–H and O–H groups in total. The Bertz CT molecular complexity index is 1010. The van der Waals surface area contributed by atoms with E-state index < -0.39 is 0 Å². The van der Waals surface area contributed by atoms with E-state index in [4.69, 9.17) is 0 Å². The van der Waals surface area contributed by atoms with Crippen LogP contribution in [0.3, 0.4) is 0 Å². The van der Waals surface area contributed by atoms with Gasteiger partial charge in [0, 0.05) is 57.1 Å². The van der Waals surface area contributed by atoms with E-state index in [0.717, 1.165) is 56.8 Å². The van der Waals surface area contributed by atoms with E-state index in [9.17, 15) is 4.79 Å². The average molecular weight is 473 g/mol. The van der Waals surface area contributed by atoms with Gasteiger partial charge in [-0.3, -0.25) is 19.6 Å². The molecule has 5 heteroatoms. The van der Waals surface area contributed by atoms with E-state index in [1.54, 1.807) is 0 Å². The molecule has 1 amide bonds. The number of carbonyl (C=O) groups is 1. The van der Waals surface area contributed by atoms with Crippen LogP contribution < -0.4 is 0 Å². The summed E-state index contributed by atoms with van der Waals surface area (Å²) in [5.41, 5.74) is 4.06. The molecule has 2 aromatic rings. The summed E-state index contributed by atoms with van der Waals surface area (Å²) in [5.74, 6) is 1.89. The first-order valence-electron chi connectivity index (χ1n) is 14.0. The van der Waals surface area contributed by atoms with E-state index in [1.807, 2.05) is 12.4 Å². The van der Waals surface area contributed by atoms with Crippen LogP contribution in [0, 0.1) is 11.8 Å². The zero-order chi connectivity index (χ0) is 23.6. The van der Waals surface area contributed by atoms with Crippen LogP contribution in [-0.4, -0.2) is 63.9 Å². The molecule has 0 radical (unpaired) electrons. The standard InChI is InChI=1S/C30H40N4O/c35-29(33-18-14-24-8-1-2-9-25(24)21-33)13-3-12-28-27-11-6-17-32-16-5-10-26(30(27)32)22-34(28)20-23-7-4-15-31-19-23/h1-2,4,7-9,15,19,26-28,30H,3,5-6,10-14,16-18,20-22H2/t26-,27+,28+,30-/m0/s1. The molecule has 0 saturated carbocycles. The predicted molar refractivity (Wildman–Crippen MR) is 139 cm³/mol. The molecule has 0 unspecified atom stereocenters. The Morgan fingerprint density at radius 2 is 1.86 bits per heavy atom. The van der Waals surface area contributed by atoms with E-state index in [0.29, 0.717) is 18.4 Å². The van der Waals surface area contributed by atoms with Gasteiger partial charge in [0.15, 0.2) is 0 Å². The fraction of sp³-hybridized carbons (Fsp3) is 0.600. The maximum absolute atomic E-state index is 13.2. The summed E-state index contributed by atoms with van der Waals surface area (Å²) in [6.45, 7) is 6.44. The zero-order valence-corrected chi connectivity index (χ0v) is 21.0. The number of rotatable bonds is 6. The largest absolute Gasteiger partial charge is 0.338 e. The molecule has 3 fully saturated rings. The van der Waals surface area contributed by atoms with Crippen LogP contribution in [0.4, 0.5) is 0 Å². The monoisotopic (exact) mass is 472 g/mol. The summed E-state index contributed by atoms with van der Waals surface area (Å²) in [5, 5.41) is 0. The molecule has 4 atom stereocenters. The molecule has 5 heterocycles. The minimum Gasteiger partial charge on any atom is -0.338 e. The zero-order valence-electron chi connectivity index (χ0n) is 21.0. The summed E-state index contributed by atoms with van der Waals surface area (Å²) in [4.78, 5) is 25.2. The molecule has 0 bridgehead atoms. The predicted octanol–water partition coefficient (Wildman–Crippen LogP) is 4.51. The highest BCUT2D eigenvalue weighted by Gasteiger charge is 2.48. The molecule has 1 aromatic heterocycles. The van der Waals surface area contributed by atoms with Crippen molar-refractivity contribution in [1.82, 2.24) is 19.7 Å². The number of likely N-dealkylation sites (tertiary alicyclic amines) is 1. The number of pyridine rings is 1. The van der Waals surface area contributed by atoms with Crippen LogP contribution in [0.1, 0.15) is 61.6 Å². The Balaban J connectivity index is 1.13. The molecule has 5 nitrogen and oxygen atoms in total. The van der Waals surface area contributed by atoms with Crippen LogP contribution in [0.25, 0.3) is 0 Å². The van der Waals surface area contributed by atoms with Crippen molar-refractivity contribution in [2.75, 3.05) is 26.2 Å². The van der Waals surface area contributed by atoms with E-state index in [-0.39, 0.29) is 0 Å². The highest BCUT2D eigenvalue weighted by molar-refractivity contribution is 5.76. The molecule has 35 heavy (non-hydrogen) atoms. The lowest BCUT2D eigenvalue weighted by molar-refractivity contribution is -0.132. The SMILES string of the molecule is O=C(CCC[C@@H]1[C@H]2CCCN3CCC[C@@H](CN1Cc1cccnc1)[C@@H]23)N1CCc2ccccc2C1. The van der Waals surface area contributed by atoms with Gasteiger partial charge in [0.25, 0.3) is 0 Å². The maximum Gasteiger partial charge on any atom is 0.222 e. The van der Waals surface area contributed by atoms with Crippen LogP contribution >= 0.6 is 0 Å². The van der Waals surface area contributed by atoms with Gasteiger partial charge in [-0.05, 0) is 92.6 Å². The summed E-state index contributed by atoms with van der Waals surface area (Å²) in [7, 11) is 0. The molecule has 4 aliphatic rings. The molecule has 1 aromatic carbocycles. The van der Waals surface area contributed by atoms with Crippen molar-refractivity contribution in [1.29, 1.82) is 0 Å². The Kier molecular flexibility index (Phi) is 6.89. The lowest BCUT2D eigenvalue weighted by Gasteiger charge is -2.57. The van der Waals surface area contributed by atoms with Crippen molar-refractivity contribution < 1.29 is 4.79 Å². The molecule has 186 valence electrons. The van der Waals surface area contributed by atoms with Crippen molar-refractivity contribution in [3.05, 3.63) is 65.5 Å². The second-order valence-corrected chi connectivity index (χ2v) is 11.3. The second-order valence-electron chi connectivity index (χ2n) is 11.3. The first-order chi connectivity index (χ1) is 17.3. The Labute approximate surface area is 210 Å². The molecule has 0 aliphatic carbocycles. The van der Waals surface area contributed by atoms with Gasteiger partial charge >= 0.3 is 0 Å². The van der Waals surface area contributed by atoms with Gasteiger partial charge in [0.05, 0.1) is 0 Å². The fourth-order valence-electron chi connectivity index (χ4n) is 7.72. The van der Waals surface area contributed by atoms with Crippen LogP contribution in [0.15, 0.2) is 48.8 Å². The third kappa shape index (κ3) is 4.90. The minimum atomic E-state index is 0.343. The summed E-state index contributed by atoms with van der Waals surface area (Å²) < 4.78 is 0. The first kappa shape index (κ1) is 23.2. The van der Waals surface area contributed by atoms with Gasteiger partial charge in [-0.2, -0.15) is 0 Å². The molecule has 3 saturated heterocycles. The van der Waals surface area contributed by atoms with Crippen molar-refractivity contribution in [2.45, 2.75) is 76.5 Å². The van der Waals surface area contributed by atoms with E-state index in [1.165, 1.54) is 62.0 Å². The molecule has 0 spiro atoms. The van der Waals surface area contributed by atoms with Gasteiger partial charge in [0.2, 0.25) is 5.91 Å². The number of piperidine rings is 3. The molecule has 6 rings (SSSR count). The fourth-order valence-corrected chi connectivity index (χ4v) is 7.72. The quantitative estimate of drug-likeness (QED) is 0.620. The number of hydrogen-bond acceptors (Lipinski definition) is 4. The lowest BCUT2D eigenvalue weighted by atomic mass is 9.69. The number of benzene rings is 1. The number of nitrogens with zero attached hydrogens (tertiary/aromatic N) is 4. The van der Waals surface area contributed by atoms with E-state index in [2.05, 4.69) is 56.1 Å². The minimum absolute atomic E-state index is 0.343. The van der Waals surface area contributed by atoms with Gasteiger partial charge in [-0.1, -0.05) is 30.3 Å². The van der Waals surface area contributed by atoms with Crippen molar-refractivity contribution in [3.63, 3.8) is 0 Å². The average Bonchev–Trinajstić information content (AvgIpc) is 2.90. The van der Waals surface area contributed by atoms with Crippen LogP contribution in [0.5, 0.6) is 0 Å². The van der Waals surface area contributed by atoms with Crippen LogP contribution in [-0.2, 0) is 24.3 Å². The van der Waals surface area contributed by atoms with E-state index >= 15 is 0 Å². The third-order valence-electron chi connectivity index (χ3n) is 9.26. The number of aromatic nitrogens is 1. The van der Waals surface area contributed by atoms with Crippen molar-refractivity contribution >= 4 is 5.91 Å². The van der Waals surface area contributed by atoms with Gasteiger partial charge < -0.3 is 4.90 Å². The number of amides is 1. The van der Waals surface area contributed by atoms with Crippen LogP contribution in [0.2, 0.25) is 0 Å². The first-order valence-corrected chi connectivity index (χ1v) is 14.0. The highest BCUT2D eigenvalue weighted by atomic mass is 16.2. The van der Waals surface area contributed by atoms with Gasteiger partial charge in [-0.25, -0.2) is 0 Å². The lowest BCUT2D eigenvalue weighted by Crippen LogP contribution is -2.64. The summed E-state index contributed by atoms with van der Waals surface area (Å²) in [6.07, 6.45) is 13.1. The second kappa shape index (κ2) is 10.4. The van der Waals surface area contributed by atoms with Gasteiger partial charge in [-0.15, -0.1) is 0 Å². The molecular weight excluding hydrogens is 432 g/mol. The third-order valence-corrected chi connectivity index (χ3v) is 9.26. The number of fused-ring (bicyclic) bond motifs is 1. The molecule has 4 aliphatic heterocycles. The Morgan fingerprint density at radius 3 is 2.71 bits per heavy atom. The normalized spacial score (nSPS) is 28.9. The summed E-state index contributed by atoms with van der Waals surface area (Å²) in [6, 6.07) is 14.2. The summed E-state index contributed by atoms with van der Waals surface area (Å²) >= 11 is 0. The number of hydrogen-bond donors (Lipinski definition) is 0. The molecular formula is C30H40N4O. The highest BCUT2D eigenvalue weighted by Crippen LogP contribution is 2.43. The van der Waals surface area contributed by atoms with Gasteiger partial charge in [0.1, 0.15) is 0 Å². The number of carbonyl (C=O) groups excluding carboxylic acids is 1. The smallest absolute Gasteiger partial charge is 0.222 e. The Hall–Kier alpha value is -2.24.